The normalized spacial score (nSPS) is 14.6. The minimum Gasteiger partial charge on any atom is -0.411 e. The minimum atomic E-state index is -1.75. The first-order valence-electron chi connectivity index (χ1n) is 9.00. The fraction of sp³-hybridized carbons (Fsp3) is 0.684. The van der Waals surface area contributed by atoms with Gasteiger partial charge in [-0.1, -0.05) is 68.8 Å². The number of rotatable bonds is 11. The second kappa shape index (κ2) is 10.8. The van der Waals surface area contributed by atoms with Gasteiger partial charge in [0.25, 0.3) is 0 Å². The van der Waals surface area contributed by atoms with Crippen molar-refractivity contribution in [1.82, 2.24) is 0 Å². The topological polar surface area (TPSA) is 18.5 Å². The average molecular weight is 391 g/mol. The Morgan fingerprint density at radius 2 is 1.62 bits per heavy atom. The molecule has 0 aliphatic rings. The third-order valence-corrected chi connectivity index (χ3v) is 7.48. The molecule has 1 aromatic rings. The molecule has 0 aromatic heterocycles. The van der Waals surface area contributed by atoms with E-state index in [-0.39, 0.29) is 12.2 Å². The zero-order valence-electron chi connectivity index (χ0n) is 15.7. The van der Waals surface area contributed by atoms with E-state index in [9.17, 15) is 0 Å². The highest BCUT2D eigenvalue weighted by Gasteiger charge is 2.33. The third kappa shape index (κ3) is 6.68. The molecule has 5 heteroatoms. The fourth-order valence-corrected chi connectivity index (χ4v) is 5.98. The molecule has 0 bridgehead atoms. The van der Waals surface area contributed by atoms with Gasteiger partial charge in [0.05, 0.1) is 6.10 Å². The first kappa shape index (κ1) is 22.0. The van der Waals surface area contributed by atoms with E-state index in [1.807, 2.05) is 18.2 Å². The van der Waals surface area contributed by atoms with E-state index in [0.717, 1.165) is 24.8 Å². The van der Waals surface area contributed by atoms with Crippen molar-refractivity contribution in [3.63, 3.8) is 0 Å². The van der Waals surface area contributed by atoms with Crippen molar-refractivity contribution in [2.45, 2.75) is 77.3 Å². The molecular formula is C19H32Cl2O2Si. The summed E-state index contributed by atoms with van der Waals surface area (Å²) < 4.78 is 12.5. The van der Waals surface area contributed by atoms with Crippen LogP contribution in [0.25, 0.3) is 0 Å². The number of benzene rings is 1. The predicted molar refractivity (Wildman–Crippen MR) is 108 cm³/mol. The van der Waals surface area contributed by atoms with Crippen molar-refractivity contribution < 1.29 is 9.16 Å². The van der Waals surface area contributed by atoms with E-state index in [2.05, 4.69) is 26.9 Å². The first-order chi connectivity index (χ1) is 11.4. The number of halogens is 2. The molecule has 0 spiro atoms. The van der Waals surface area contributed by atoms with Crippen molar-refractivity contribution >= 4 is 31.5 Å². The highest BCUT2D eigenvalue weighted by molar-refractivity contribution is 6.71. The average Bonchev–Trinajstić information content (AvgIpc) is 2.53. The monoisotopic (exact) mass is 390 g/mol. The van der Waals surface area contributed by atoms with E-state index < -0.39 is 8.32 Å². The Kier molecular flexibility index (Phi) is 9.91. The second-order valence-electron chi connectivity index (χ2n) is 6.95. The molecule has 1 aromatic carbocycles. The van der Waals surface area contributed by atoms with Gasteiger partial charge in [0.15, 0.2) is 8.32 Å². The summed E-state index contributed by atoms with van der Waals surface area (Å²) in [5.41, 5.74) is 0.852. The maximum atomic E-state index is 6.66. The minimum absolute atomic E-state index is 0.00845. The maximum absolute atomic E-state index is 6.66. The van der Waals surface area contributed by atoms with Gasteiger partial charge in [0, 0.05) is 22.7 Å². The largest absolute Gasteiger partial charge is 0.411 e. The summed E-state index contributed by atoms with van der Waals surface area (Å²) in [4.78, 5) is 0. The molecule has 2 atom stereocenters. The number of methoxy groups -OCH3 is 1. The molecule has 0 radical (unpaired) electrons. The van der Waals surface area contributed by atoms with E-state index in [0.29, 0.717) is 10.0 Å². The third-order valence-electron chi connectivity index (χ3n) is 4.32. The number of ether oxygens (including phenoxy) is 1. The van der Waals surface area contributed by atoms with E-state index in [1.165, 1.54) is 18.9 Å². The smallest absolute Gasteiger partial charge is 0.187 e. The van der Waals surface area contributed by atoms with Gasteiger partial charge < -0.3 is 9.16 Å². The SMILES string of the molecule is CCCC[C@@H](O[Si](C)(C)CCCC)[C@H](OC)c1c(Cl)cccc1Cl. The lowest BCUT2D eigenvalue weighted by Gasteiger charge is -2.34. The van der Waals surface area contributed by atoms with Crippen molar-refractivity contribution in [2.24, 2.45) is 0 Å². The highest BCUT2D eigenvalue weighted by atomic mass is 35.5. The molecule has 1 rings (SSSR count). The predicted octanol–water partition coefficient (Wildman–Crippen LogP) is 7.26. The van der Waals surface area contributed by atoms with Gasteiger partial charge >= 0.3 is 0 Å². The lowest BCUT2D eigenvalue weighted by molar-refractivity contribution is -0.00899. The molecule has 0 amide bonds. The van der Waals surface area contributed by atoms with Gasteiger partial charge in [-0.3, -0.25) is 0 Å². The molecule has 0 fully saturated rings. The maximum Gasteiger partial charge on any atom is 0.187 e. The molecule has 0 saturated heterocycles. The molecule has 2 nitrogen and oxygen atoms in total. The van der Waals surface area contributed by atoms with Crippen molar-refractivity contribution in [1.29, 1.82) is 0 Å². The van der Waals surface area contributed by atoms with Crippen LogP contribution >= 0.6 is 23.2 Å². The van der Waals surface area contributed by atoms with Crippen LogP contribution in [0.2, 0.25) is 29.2 Å². The van der Waals surface area contributed by atoms with Gasteiger partial charge in [0.1, 0.15) is 6.10 Å². The molecule has 0 heterocycles. The fourth-order valence-electron chi connectivity index (χ4n) is 2.99. The molecule has 0 aliphatic carbocycles. The Morgan fingerprint density at radius 1 is 1.04 bits per heavy atom. The lowest BCUT2D eigenvalue weighted by atomic mass is 10.00. The molecule has 0 N–H and O–H groups in total. The van der Waals surface area contributed by atoms with Crippen molar-refractivity contribution in [3.8, 4) is 0 Å². The molecule has 24 heavy (non-hydrogen) atoms. The second-order valence-corrected chi connectivity index (χ2v) is 12.0. The Morgan fingerprint density at radius 3 is 2.12 bits per heavy atom. The number of hydrogen-bond acceptors (Lipinski definition) is 2. The van der Waals surface area contributed by atoms with Crippen LogP contribution in [0.5, 0.6) is 0 Å². The van der Waals surface area contributed by atoms with Crippen LogP contribution < -0.4 is 0 Å². The van der Waals surface area contributed by atoms with E-state index in [4.69, 9.17) is 32.4 Å². The molecular weight excluding hydrogens is 359 g/mol. The first-order valence-corrected chi connectivity index (χ1v) is 12.9. The van der Waals surface area contributed by atoms with Crippen LogP contribution in [0.1, 0.15) is 57.6 Å². The zero-order valence-corrected chi connectivity index (χ0v) is 18.2. The summed E-state index contributed by atoms with van der Waals surface area (Å²) in [6, 6.07) is 6.76. The van der Waals surface area contributed by atoms with Gasteiger partial charge in [-0.2, -0.15) is 0 Å². The Balaban J connectivity index is 3.07. The summed E-state index contributed by atoms with van der Waals surface area (Å²) in [7, 11) is -0.0347. The lowest BCUT2D eigenvalue weighted by Crippen LogP contribution is -2.38. The molecule has 0 aliphatic heterocycles. The van der Waals surface area contributed by atoms with Crippen LogP contribution in [-0.2, 0) is 9.16 Å². The van der Waals surface area contributed by atoms with Crippen molar-refractivity contribution in [3.05, 3.63) is 33.8 Å². The van der Waals surface area contributed by atoms with E-state index >= 15 is 0 Å². The Labute approximate surface area is 159 Å². The van der Waals surface area contributed by atoms with Crippen LogP contribution in [0, 0.1) is 0 Å². The number of hydrogen-bond donors (Lipinski definition) is 0. The molecule has 0 saturated carbocycles. The summed E-state index contributed by atoms with van der Waals surface area (Å²) in [6.45, 7) is 9.01. The summed E-state index contributed by atoms with van der Waals surface area (Å²) in [6.07, 6.45) is 5.36. The van der Waals surface area contributed by atoms with Crippen LogP contribution in [0.15, 0.2) is 18.2 Å². The Bertz CT molecular complexity index is 474. The van der Waals surface area contributed by atoms with E-state index in [1.54, 1.807) is 7.11 Å². The standard InChI is InChI=1S/C19H32Cl2O2Si/c1-6-8-13-17(23-24(4,5)14-9-7-2)19(22-3)18-15(20)11-10-12-16(18)21/h10-12,17,19H,6-9,13-14H2,1-5H3/t17-,19+/m1/s1. The highest BCUT2D eigenvalue weighted by Crippen LogP contribution is 2.37. The van der Waals surface area contributed by atoms with Crippen LogP contribution in [0.3, 0.4) is 0 Å². The zero-order chi connectivity index (χ0) is 18.2. The number of unbranched alkanes of at least 4 members (excludes halogenated alkanes) is 2. The van der Waals surface area contributed by atoms with Gasteiger partial charge in [-0.15, -0.1) is 0 Å². The van der Waals surface area contributed by atoms with Crippen LogP contribution in [0.4, 0.5) is 0 Å². The van der Waals surface area contributed by atoms with Gasteiger partial charge in [-0.05, 0) is 37.7 Å². The summed E-state index contributed by atoms with van der Waals surface area (Å²) >= 11 is 12.9. The molecule has 138 valence electrons. The molecule has 0 unspecified atom stereocenters. The van der Waals surface area contributed by atoms with Gasteiger partial charge in [0.2, 0.25) is 0 Å². The Hall–Kier alpha value is -0.0631. The van der Waals surface area contributed by atoms with Crippen LogP contribution in [-0.4, -0.2) is 21.5 Å². The summed E-state index contributed by atoms with van der Waals surface area (Å²) in [5, 5.41) is 1.29. The summed E-state index contributed by atoms with van der Waals surface area (Å²) in [5.74, 6) is 0. The quantitative estimate of drug-likeness (QED) is 0.370. The van der Waals surface area contributed by atoms with Crippen molar-refractivity contribution in [2.75, 3.05) is 7.11 Å². The van der Waals surface area contributed by atoms with Gasteiger partial charge in [-0.25, -0.2) is 0 Å².